The molecule has 6 heteroatoms. The van der Waals surface area contributed by atoms with Crippen LogP contribution >= 0.6 is 11.3 Å². The Bertz CT molecular complexity index is 540. The Kier molecular flexibility index (Phi) is 6.26. The van der Waals surface area contributed by atoms with Gasteiger partial charge in [-0.1, -0.05) is 6.07 Å². The molecule has 2 aliphatic heterocycles. The van der Waals surface area contributed by atoms with E-state index in [0.29, 0.717) is 18.9 Å². The summed E-state index contributed by atoms with van der Waals surface area (Å²) in [4.78, 5) is 27.8. The van der Waals surface area contributed by atoms with E-state index in [0.717, 1.165) is 51.7 Å². The number of carbonyl (C=O) groups is 2. The molecule has 0 aromatic carbocycles. The van der Waals surface area contributed by atoms with Crippen LogP contribution in [0, 0.1) is 5.92 Å². The highest BCUT2D eigenvalue weighted by molar-refractivity contribution is 7.09. The number of nitrogens with zero attached hydrogens (tertiary/aromatic N) is 1. The molecule has 2 N–H and O–H groups in total. The van der Waals surface area contributed by atoms with Crippen LogP contribution in [-0.2, 0) is 16.0 Å². The van der Waals surface area contributed by atoms with E-state index in [4.69, 9.17) is 0 Å². The Balaban J connectivity index is 1.40. The van der Waals surface area contributed by atoms with Gasteiger partial charge >= 0.3 is 0 Å². The van der Waals surface area contributed by atoms with Crippen molar-refractivity contribution < 1.29 is 9.59 Å². The molecule has 2 aliphatic rings. The van der Waals surface area contributed by atoms with E-state index in [9.17, 15) is 9.59 Å². The van der Waals surface area contributed by atoms with Gasteiger partial charge in [-0.2, -0.15) is 0 Å². The lowest BCUT2D eigenvalue weighted by atomic mass is 9.97. The zero-order chi connectivity index (χ0) is 16.8. The normalized spacial score (nSPS) is 24.1. The maximum atomic E-state index is 12.4. The van der Waals surface area contributed by atoms with Gasteiger partial charge in [0.15, 0.2) is 0 Å². The summed E-state index contributed by atoms with van der Waals surface area (Å²) in [5.41, 5.74) is 0. The molecular formula is C18H27N3O2S. The van der Waals surface area contributed by atoms with Crippen molar-refractivity contribution >= 4 is 23.2 Å². The lowest BCUT2D eigenvalue weighted by Gasteiger charge is -2.33. The van der Waals surface area contributed by atoms with Crippen LogP contribution in [-0.4, -0.2) is 48.9 Å². The number of nitrogens with one attached hydrogen (secondary N) is 2. The molecule has 1 aromatic heterocycles. The fourth-order valence-electron chi connectivity index (χ4n) is 3.58. The molecule has 0 radical (unpaired) electrons. The Morgan fingerprint density at radius 1 is 1.33 bits per heavy atom. The maximum absolute atomic E-state index is 12.4. The van der Waals surface area contributed by atoms with E-state index in [2.05, 4.69) is 22.1 Å². The standard InChI is InChI=1S/C18H27N3O2S/c22-17(8-7-15-5-3-11-24-15)21-10-2-4-14(13-21)12-20-18(23)16-6-1-9-19-16/h3,5,11,14,16,19H,1-2,4,6-10,12-13H2,(H,20,23)/t14-,16-/m0/s1. The second-order valence-corrected chi connectivity index (χ2v) is 7.85. The average Bonchev–Trinajstić information content (AvgIpc) is 3.31. The second kappa shape index (κ2) is 8.62. The van der Waals surface area contributed by atoms with Crippen molar-refractivity contribution in [3.05, 3.63) is 22.4 Å². The number of rotatable bonds is 6. The van der Waals surface area contributed by atoms with Crippen LogP contribution in [0.3, 0.4) is 0 Å². The quantitative estimate of drug-likeness (QED) is 0.823. The van der Waals surface area contributed by atoms with Crippen LogP contribution in [0.2, 0.25) is 0 Å². The van der Waals surface area contributed by atoms with E-state index in [1.165, 1.54) is 4.88 Å². The smallest absolute Gasteiger partial charge is 0.237 e. The van der Waals surface area contributed by atoms with Gasteiger partial charge in [-0.05, 0) is 56.0 Å². The number of piperidine rings is 1. The molecule has 5 nitrogen and oxygen atoms in total. The Labute approximate surface area is 147 Å². The number of likely N-dealkylation sites (tertiary alicyclic amines) is 1. The van der Waals surface area contributed by atoms with Crippen LogP contribution in [0.1, 0.15) is 37.0 Å². The van der Waals surface area contributed by atoms with Crippen molar-refractivity contribution in [2.45, 2.75) is 44.6 Å². The van der Waals surface area contributed by atoms with Crippen LogP contribution < -0.4 is 10.6 Å². The van der Waals surface area contributed by atoms with E-state index in [1.54, 1.807) is 11.3 Å². The summed E-state index contributed by atoms with van der Waals surface area (Å²) in [5, 5.41) is 8.35. The molecule has 3 heterocycles. The van der Waals surface area contributed by atoms with Gasteiger partial charge in [0, 0.05) is 30.9 Å². The van der Waals surface area contributed by atoms with E-state index >= 15 is 0 Å². The van der Waals surface area contributed by atoms with Gasteiger partial charge in [-0.25, -0.2) is 0 Å². The first-order valence-corrected chi connectivity index (χ1v) is 9.91. The molecule has 24 heavy (non-hydrogen) atoms. The zero-order valence-corrected chi connectivity index (χ0v) is 14.9. The average molecular weight is 350 g/mol. The summed E-state index contributed by atoms with van der Waals surface area (Å²) in [6.07, 6.45) is 5.56. The highest BCUT2D eigenvalue weighted by atomic mass is 32.1. The van der Waals surface area contributed by atoms with E-state index in [1.807, 2.05) is 11.0 Å². The molecule has 0 unspecified atom stereocenters. The largest absolute Gasteiger partial charge is 0.354 e. The molecule has 2 fully saturated rings. The minimum atomic E-state index is -0.0166. The van der Waals surface area contributed by atoms with Crippen LogP contribution in [0.4, 0.5) is 0 Å². The third-order valence-electron chi connectivity index (χ3n) is 4.98. The minimum Gasteiger partial charge on any atom is -0.354 e. The zero-order valence-electron chi connectivity index (χ0n) is 14.1. The summed E-state index contributed by atoms with van der Waals surface area (Å²) in [6, 6.07) is 4.10. The van der Waals surface area contributed by atoms with Gasteiger partial charge in [0.25, 0.3) is 0 Å². The number of hydrogen-bond donors (Lipinski definition) is 2. The summed E-state index contributed by atoms with van der Waals surface area (Å²) >= 11 is 1.71. The number of amides is 2. The van der Waals surface area contributed by atoms with Crippen LogP contribution in [0.15, 0.2) is 17.5 Å². The fourth-order valence-corrected chi connectivity index (χ4v) is 4.29. The number of aryl methyl sites for hydroxylation is 1. The van der Waals surface area contributed by atoms with Gasteiger partial charge in [-0.3, -0.25) is 9.59 Å². The first-order chi connectivity index (χ1) is 11.7. The van der Waals surface area contributed by atoms with Gasteiger partial charge in [0.05, 0.1) is 6.04 Å². The van der Waals surface area contributed by atoms with Gasteiger partial charge in [0.2, 0.25) is 11.8 Å². The van der Waals surface area contributed by atoms with Crippen LogP contribution in [0.5, 0.6) is 0 Å². The number of hydrogen-bond acceptors (Lipinski definition) is 4. The number of carbonyl (C=O) groups excluding carboxylic acids is 2. The third kappa shape index (κ3) is 4.80. The lowest BCUT2D eigenvalue weighted by Crippen LogP contribution is -2.46. The van der Waals surface area contributed by atoms with Gasteiger partial charge < -0.3 is 15.5 Å². The lowest BCUT2D eigenvalue weighted by molar-refractivity contribution is -0.132. The molecule has 3 rings (SSSR count). The third-order valence-corrected chi connectivity index (χ3v) is 5.92. The molecule has 2 amide bonds. The first-order valence-electron chi connectivity index (χ1n) is 9.03. The van der Waals surface area contributed by atoms with Crippen molar-refractivity contribution in [3.8, 4) is 0 Å². The van der Waals surface area contributed by atoms with Gasteiger partial charge in [-0.15, -0.1) is 11.3 Å². The Hall–Kier alpha value is -1.40. The topological polar surface area (TPSA) is 61.4 Å². The highest BCUT2D eigenvalue weighted by Gasteiger charge is 2.26. The predicted molar refractivity (Wildman–Crippen MR) is 96.0 cm³/mol. The molecular weight excluding hydrogens is 322 g/mol. The minimum absolute atomic E-state index is 0.0166. The second-order valence-electron chi connectivity index (χ2n) is 6.82. The van der Waals surface area contributed by atoms with Crippen molar-refractivity contribution in [2.75, 3.05) is 26.2 Å². The van der Waals surface area contributed by atoms with Gasteiger partial charge in [0.1, 0.15) is 0 Å². The molecule has 1 aromatic rings. The van der Waals surface area contributed by atoms with Crippen LogP contribution in [0.25, 0.3) is 0 Å². The summed E-state index contributed by atoms with van der Waals surface area (Å²) in [7, 11) is 0. The Morgan fingerprint density at radius 3 is 3.00 bits per heavy atom. The maximum Gasteiger partial charge on any atom is 0.237 e. The fraction of sp³-hybridized carbons (Fsp3) is 0.667. The van der Waals surface area contributed by atoms with Crippen molar-refractivity contribution in [1.82, 2.24) is 15.5 Å². The highest BCUT2D eigenvalue weighted by Crippen LogP contribution is 2.18. The summed E-state index contributed by atoms with van der Waals surface area (Å²) < 4.78 is 0. The molecule has 0 bridgehead atoms. The molecule has 2 atom stereocenters. The predicted octanol–water partition coefficient (Wildman–Crippen LogP) is 1.79. The van der Waals surface area contributed by atoms with Crippen molar-refractivity contribution in [2.24, 2.45) is 5.92 Å². The van der Waals surface area contributed by atoms with E-state index in [-0.39, 0.29) is 17.9 Å². The summed E-state index contributed by atoms with van der Waals surface area (Å²) in [5.74, 6) is 0.750. The Morgan fingerprint density at radius 2 is 2.25 bits per heavy atom. The summed E-state index contributed by atoms with van der Waals surface area (Å²) in [6.45, 7) is 3.26. The number of thiophene rings is 1. The molecule has 132 valence electrons. The van der Waals surface area contributed by atoms with Crippen molar-refractivity contribution in [3.63, 3.8) is 0 Å². The monoisotopic (exact) mass is 349 g/mol. The molecule has 0 aliphatic carbocycles. The molecule has 0 spiro atoms. The first kappa shape index (κ1) is 17.4. The molecule has 2 saturated heterocycles. The van der Waals surface area contributed by atoms with Crippen molar-refractivity contribution in [1.29, 1.82) is 0 Å². The molecule has 0 saturated carbocycles. The van der Waals surface area contributed by atoms with E-state index < -0.39 is 0 Å². The SMILES string of the molecule is O=C(NC[C@@H]1CCCN(C(=O)CCc2cccs2)C1)[C@@H]1CCCN1.